The van der Waals surface area contributed by atoms with Crippen LogP contribution in [0.25, 0.3) is 10.9 Å². The van der Waals surface area contributed by atoms with Crippen molar-refractivity contribution in [3.05, 3.63) is 100 Å². The summed E-state index contributed by atoms with van der Waals surface area (Å²) in [6.45, 7) is 0.474. The lowest BCUT2D eigenvalue weighted by Gasteiger charge is -2.10. The molecule has 1 aromatic carbocycles. The van der Waals surface area contributed by atoms with Gasteiger partial charge in [-0.3, -0.25) is 9.78 Å². The zero-order valence-electron chi connectivity index (χ0n) is 13.8. The van der Waals surface area contributed by atoms with Gasteiger partial charge in [-0.15, -0.1) is 0 Å². The molecule has 0 aliphatic rings. The standard InChI is InChI=1S/C20H15F2N3O/c21-17-3-4-18(22)16(10-17)13-25-9-6-15-5-8-24(19(15)20(25)26)12-14-2-1-7-23-11-14/h1-11H,12-13H2. The maximum Gasteiger partial charge on any atom is 0.275 e. The third kappa shape index (κ3) is 3.01. The molecule has 4 rings (SSSR count). The molecule has 4 aromatic rings. The van der Waals surface area contributed by atoms with E-state index in [1.165, 1.54) is 4.57 Å². The summed E-state index contributed by atoms with van der Waals surface area (Å²) < 4.78 is 30.5. The molecular formula is C20H15F2N3O. The van der Waals surface area contributed by atoms with Gasteiger partial charge in [0.15, 0.2) is 0 Å². The van der Waals surface area contributed by atoms with Crippen molar-refractivity contribution in [3.8, 4) is 0 Å². The molecule has 0 bridgehead atoms. The molecule has 0 atom stereocenters. The van der Waals surface area contributed by atoms with E-state index in [-0.39, 0.29) is 17.7 Å². The van der Waals surface area contributed by atoms with Crippen molar-refractivity contribution in [1.82, 2.24) is 14.1 Å². The summed E-state index contributed by atoms with van der Waals surface area (Å²) >= 11 is 0. The van der Waals surface area contributed by atoms with E-state index >= 15 is 0 Å². The van der Waals surface area contributed by atoms with Crippen LogP contribution >= 0.6 is 0 Å². The Balaban J connectivity index is 1.75. The minimum atomic E-state index is -0.538. The molecule has 0 aliphatic heterocycles. The first kappa shape index (κ1) is 16.2. The van der Waals surface area contributed by atoms with E-state index in [9.17, 15) is 13.6 Å². The summed E-state index contributed by atoms with van der Waals surface area (Å²) in [5.74, 6) is -1.07. The van der Waals surface area contributed by atoms with Gasteiger partial charge in [0.25, 0.3) is 5.56 Å². The van der Waals surface area contributed by atoms with Crippen LogP contribution in [-0.4, -0.2) is 14.1 Å². The topological polar surface area (TPSA) is 39.8 Å². The molecule has 3 heterocycles. The lowest BCUT2D eigenvalue weighted by Crippen LogP contribution is -2.22. The lowest BCUT2D eigenvalue weighted by molar-refractivity contribution is 0.575. The number of fused-ring (bicyclic) bond motifs is 1. The average Bonchev–Trinajstić information content (AvgIpc) is 3.05. The molecule has 0 unspecified atom stereocenters. The number of rotatable bonds is 4. The SMILES string of the molecule is O=c1c2c(ccn1Cc1cc(F)ccc1F)ccn2Cc1cccnc1. The molecule has 6 heteroatoms. The monoisotopic (exact) mass is 351 g/mol. The first-order valence-corrected chi connectivity index (χ1v) is 8.13. The Labute approximate surface area is 148 Å². The molecule has 0 saturated heterocycles. The summed E-state index contributed by atoms with van der Waals surface area (Å²) in [5, 5.41) is 0.801. The van der Waals surface area contributed by atoms with Crippen LogP contribution < -0.4 is 5.56 Å². The first-order valence-electron chi connectivity index (χ1n) is 8.13. The van der Waals surface area contributed by atoms with Crippen LogP contribution in [-0.2, 0) is 13.1 Å². The van der Waals surface area contributed by atoms with Gasteiger partial charge >= 0.3 is 0 Å². The number of halogens is 2. The normalized spacial score (nSPS) is 11.2. The van der Waals surface area contributed by atoms with Crippen LogP contribution in [0.1, 0.15) is 11.1 Å². The Bertz CT molecular complexity index is 1130. The lowest BCUT2D eigenvalue weighted by atomic mass is 10.2. The van der Waals surface area contributed by atoms with Crippen LogP contribution in [0.3, 0.4) is 0 Å². The van der Waals surface area contributed by atoms with Crippen molar-refractivity contribution < 1.29 is 8.78 Å². The van der Waals surface area contributed by atoms with E-state index in [0.717, 1.165) is 29.1 Å². The maximum atomic E-state index is 13.9. The quantitative estimate of drug-likeness (QED) is 0.564. The molecule has 0 amide bonds. The summed E-state index contributed by atoms with van der Waals surface area (Å²) in [6.07, 6.45) is 6.88. The highest BCUT2D eigenvalue weighted by molar-refractivity contribution is 5.79. The van der Waals surface area contributed by atoms with Crippen LogP contribution in [0.5, 0.6) is 0 Å². The van der Waals surface area contributed by atoms with Crippen molar-refractivity contribution in [2.24, 2.45) is 0 Å². The molecule has 0 spiro atoms. The van der Waals surface area contributed by atoms with Crippen LogP contribution in [0.4, 0.5) is 8.78 Å². The van der Waals surface area contributed by atoms with Crippen molar-refractivity contribution in [3.63, 3.8) is 0 Å². The molecule has 0 aliphatic carbocycles. The minimum absolute atomic E-state index is 0.0313. The predicted octanol–water partition coefficient (Wildman–Crippen LogP) is 3.57. The summed E-state index contributed by atoms with van der Waals surface area (Å²) in [5.41, 5.74) is 1.38. The fourth-order valence-electron chi connectivity index (χ4n) is 3.04. The van der Waals surface area contributed by atoms with Crippen LogP contribution in [0.2, 0.25) is 0 Å². The van der Waals surface area contributed by atoms with E-state index in [1.807, 2.05) is 29.0 Å². The second-order valence-corrected chi connectivity index (χ2v) is 6.09. The molecule has 26 heavy (non-hydrogen) atoms. The highest BCUT2D eigenvalue weighted by Gasteiger charge is 2.11. The first-order chi connectivity index (χ1) is 12.6. The summed E-state index contributed by atoms with van der Waals surface area (Å²) in [6, 6.07) is 10.7. The summed E-state index contributed by atoms with van der Waals surface area (Å²) in [4.78, 5) is 17.0. The number of hydrogen-bond acceptors (Lipinski definition) is 2. The van der Waals surface area contributed by atoms with Crippen molar-refractivity contribution >= 4 is 10.9 Å². The molecule has 0 saturated carbocycles. The van der Waals surface area contributed by atoms with Crippen LogP contribution in [0.15, 0.2) is 72.0 Å². The number of aromatic nitrogens is 3. The number of nitrogens with zero attached hydrogens (tertiary/aromatic N) is 3. The summed E-state index contributed by atoms with van der Waals surface area (Å²) in [7, 11) is 0. The number of benzene rings is 1. The Hall–Kier alpha value is -3.28. The third-order valence-corrected chi connectivity index (χ3v) is 4.32. The van der Waals surface area contributed by atoms with E-state index < -0.39 is 11.6 Å². The largest absolute Gasteiger partial charge is 0.339 e. The van der Waals surface area contributed by atoms with Gasteiger partial charge in [0.2, 0.25) is 0 Å². The second-order valence-electron chi connectivity index (χ2n) is 6.09. The Morgan fingerprint density at radius 1 is 0.962 bits per heavy atom. The smallest absolute Gasteiger partial charge is 0.275 e. The molecule has 0 radical (unpaired) electrons. The van der Waals surface area contributed by atoms with Crippen molar-refractivity contribution in [2.75, 3.05) is 0 Å². The van der Waals surface area contributed by atoms with E-state index in [0.29, 0.717) is 12.1 Å². The Morgan fingerprint density at radius 2 is 1.77 bits per heavy atom. The number of hydrogen-bond donors (Lipinski definition) is 0. The van der Waals surface area contributed by atoms with Gasteiger partial charge < -0.3 is 9.13 Å². The molecular weight excluding hydrogens is 336 g/mol. The van der Waals surface area contributed by atoms with Gasteiger partial charge in [-0.25, -0.2) is 8.78 Å². The minimum Gasteiger partial charge on any atom is -0.339 e. The fourth-order valence-corrected chi connectivity index (χ4v) is 3.04. The van der Waals surface area contributed by atoms with Gasteiger partial charge in [-0.2, -0.15) is 0 Å². The van der Waals surface area contributed by atoms with Gasteiger partial charge in [0.1, 0.15) is 17.2 Å². The Morgan fingerprint density at radius 3 is 2.54 bits per heavy atom. The zero-order valence-corrected chi connectivity index (χ0v) is 13.8. The highest BCUT2D eigenvalue weighted by atomic mass is 19.1. The average molecular weight is 351 g/mol. The van der Waals surface area contributed by atoms with Crippen molar-refractivity contribution in [2.45, 2.75) is 13.1 Å². The fraction of sp³-hybridized carbons (Fsp3) is 0.100. The zero-order chi connectivity index (χ0) is 18.1. The predicted molar refractivity (Wildman–Crippen MR) is 95.0 cm³/mol. The molecule has 130 valence electrons. The van der Waals surface area contributed by atoms with Gasteiger partial charge in [-0.05, 0) is 42.0 Å². The van der Waals surface area contributed by atoms with E-state index in [1.54, 1.807) is 24.7 Å². The third-order valence-electron chi connectivity index (χ3n) is 4.32. The van der Waals surface area contributed by atoms with Crippen molar-refractivity contribution in [1.29, 1.82) is 0 Å². The second kappa shape index (κ2) is 6.55. The highest BCUT2D eigenvalue weighted by Crippen LogP contribution is 2.15. The molecule has 0 N–H and O–H groups in total. The number of pyridine rings is 2. The maximum absolute atomic E-state index is 13.9. The van der Waals surface area contributed by atoms with Crippen LogP contribution in [0, 0.1) is 11.6 Å². The van der Waals surface area contributed by atoms with E-state index in [2.05, 4.69) is 4.98 Å². The molecule has 4 nitrogen and oxygen atoms in total. The molecule has 3 aromatic heterocycles. The van der Waals surface area contributed by atoms with Gasteiger partial charge in [-0.1, -0.05) is 6.07 Å². The Kier molecular flexibility index (Phi) is 4.08. The van der Waals surface area contributed by atoms with E-state index in [4.69, 9.17) is 0 Å². The van der Waals surface area contributed by atoms with Gasteiger partial charge in [0, 0.05) is 42.3 Å². The van der Waals surface area contributed by atoms with Gasteiger partial charge in [0.05, 0.1) is 6.54 Å². The molecule has 0 fully saturated rings.